The fourth-order valence-corrected chi connectivity index (χ4v) is 2.04. The van der Waals surface area contributed by atoms with E-state index in [-0.39, 0.29) is 11.7 Å². The molecule has 0 unspecified atom stereocenters. The number of rotatable bonds is 1. The highest BCUT2D eigenvalue weighted by atomic mass is 32.2. The molecule has 1 aliphatic rings. The average Bonchev–Trinajstić information content (AvgIpc) is 2.60. The van der Waals surface area contributed by atoms with Crippen LogP contribution in [0, 0.1) is 0 Å². The van der Waals surface area contributed by atoms with Crippen molar-refractivity contribution in [1.82, 2.24) is 4.90 Å². The first kappa shape index (κ1) is 11.7. The Morgan fingerprint density at radius 3 is 2.53 bits per heavy atom. The van der Waals surface area contributed by atoms with Crippen LogP contribution in [0.3, 0.4) is 0 Å². The van der Waals surface area contributed by atoms with Crippen molar-refractivity contribution in [3.05, 3.63) is 35.5 Å². The number of phenols is 1. The molecule has 17 heavy (non-hydrogen) atoms. The van der Waals surface area contributed by atoms with Crippen LogP contribution in [0.4, 0.5) is 0 Å². The van der Waals surface area contributed by atoms with Gasteiger partial charge in [-0.1, -0.05) is 23.9 Å². The SMILES string of the molecule is CSC1=NC(=Cc2ccc(O)cc2)C(=O)N1C. The first-order chi connectivity index (χ1) is 8.11. The molecule has 1 aliphatic heterocycles. The standard InChI is InChI=1S/C12H12N2O2S/c1-14-11(16)10(13-12(14)17-2)7-8-3-5-9(15)6-4-8/h3-7,15H,1-2H3. The molecule has 0 spiro atoms. The van der Waals surface area contributed by atoms with E-state index in [9.17, 15) is 4.79 Å². The Kier molecular flexibility index (Phi) is 3.19. The van der Waals surface area contributed by atoms with Gasteiger partial charge in [0.05, 0.1) is 0 Å². The van der Waals surface area contributed by atoms with Crippen molar-refractivity contribution in [1.29, 1.82) is 0 Å². The average molecular weight is 248 g/mol. The largest absolute Gasteiger partial charge is 0.508 e. The van der Waals surface area contributed by atoms with Gasteiger partial charge in [-0.15, -0.1) is 0 Å². The van der Waals surface area contributed by atoms with Crippen molar-refractivity contribution in [2.75, 3.05) is 13.3 Å². The number of nitrogens with zero attached hydrogens (tertiary/aromatic N) is 2. The Labute approximate surface area is 104 Å². The highest BCUT2D eigenvalue weighted by Gasteiger charge is 2.25. The summed E-state index contributed by atoms with van der Waals surface area (Å²) in [5.74, 6) is 0.0951. The first-order valence-corrected chi connectivity index (χ1v) is 6.26. The van der Waals surface area contributed by atoms with Crippen molar-refractivity contribution in [2.24, 2.45) is 4.99 Å². The topological polar surface area (TPSA) is 52.9 Å². The van der Waals surface area contributed by atoms with Crippen molar-refractivity contribution in [2.45, 2.75) is 0 Å². The van der Waals surface area contributed by atoms with Crippen LogP contribution >= 0.6 is 11.8 Å². The third-order valence-electron chi connectivity index (χ3n) is 2.41. The number of hydrogen-bond acceptors (Lipinski definition) is 4. The van der Waals surface area contributed by atoms with Crippen LogP contribution in [0.5, 0.6) is 5.75 Å². The van der Waals surface area contributed by atoms with E-state index in [0.29, 0.717) is 10.9 Å². The molecule has 4 nitrogen and oxygen atoms in total. The summed E-state index contributed by atoms with van der Waals surface area (Å²) in [6.07, 6.45) is 3.59. The molecule has 0 aliphatic carbocycles. The molecule has 88 valence electrons. The third-order valence-corrected chi connectivity index (χ3v) is 3.14. The minimum atomic E-state index is -0.109. The number of hydrogen-bond donors (Lipinski definition) is 1. The lowest BCUT2D eigenvalue weighted by Crippen LogP contribution is -2.25. The Balaban J connectivity index is 2.32. The van der Waals surface area contributed by atoms with Crippen LogP contribution in [-0.4, -0.2) is 34.4 Å². The zero-order chi connectivity index (χ0) is 12.4. The number of benzene rings is 1. The first-order valence-electron chi connectivity index (χ1n) is 5.03. The minimum Gasteiger partial charge on any atom is -0.508 e. The van der Waals surface area contributed by atoms with E-state index in [1.165, 1.54) is 16.7 Å². The Morgan fingerprint density at radius 1 is 1.35 bits per heavy atom. The van der Waals surface area contributed by atoms with Gasteiger partial charge in [-0.3, -0.25) is 9.69 Å². The molecule has 0 saturated heterocycles. The van der Waals surface area contributed by atoms with Gasteiger partial charge >= 0.3 is 0 Å². The van der Waals surface area contributed by atoms with Crippen LogP contribution in [0.1, 0.15) is 5.56 Å². The van der Waals surface area contributed by atoms with E-state index >= 15 is 0 Å². The van der Waals surface area contributed by atoms with Crippen LogP contribution in [0.15, 0.2) is 35.0 Å². The number of aliphatic imine (C=N–C) groups is 1. The van der Waals surface area contributed by atoms with Crippen molar-refractivity contribution >= 4 is 28.9 Å². The van der Waals surface area contributed by atoms with Gasteiger partial charge in [-0.05, 0) is 30.0 Å². The number of thioether (sulfide) groups is 1. The molecule has 0 fully saturated rings. The van der Waals surface area contributed by atoms with Gasteiger partial charge < -0.3 is 5.11 Å². The summed E-state index contributed by atoms with van der Waals surface area (Å²) in [7, 11) is 1.70. The zero-order valence-electron chi connectivity index (χ0n) is 9.54. The molecular formula is C12H12N2O2S. The quantitative estimate of drug-likeness (QED) is 0.772. The predicted octanol–water partition coefficient (Wildman–Crippen LogP) is 1.92. The Hall–Kier alpha value is -1.75. The predicted molar refractivity (Wildman–Crippen MR) is 69.8 cm³/mol. The minimum absolute atomic E-state index is 0.109. The van der Waals surface area contributed by atoms with Gasteiger partial charge in [-0.25, -0.2) is 4.99 Å². The van der Waals surface area contributed by atoms with Crippen molar-refractivity contribution in [3.63, 3.8) is 0 Å². The maximum atomic E-state index is 11.8. The maximum absolute atomic E-state index is 11.8. The molecule has 2 rings (SSSR count). The van der Waals surface area contributed by atoms with Gasteiger partial charge in [0.15, 0.2) is 5.17 Å². The van der Waals surface area contributed by atoms with Gasteiger partial charge in [0.1, 0.15) is 11.4 Å². The van der Waals surface area contributed by atoms with E-state index in [1.807, 2.05) is 6.26 Å². The monoisotopic (exact) mass is 248 g/mol. The summed E-state index contributed by atoms with van der Waals surface area (Å²) >= 11 is 1.44. The van der Waals surface area contributed by atoms with Crippen LogP contribution in [0.2, 0.25) is 0 Å². The molecule has 0 bridgehead atoms. The fourth-order valence-electron chi connectivity index (χ4n) is 1.49. The molecule has 1 aromatic carbocycles. The van der Waals surface area contributed by atoms with Crippen LogP contribution < -0.4 is 0 Å². The second-order valence-electron chi connectivity index (χ2n) is 3.58. The van der Waals surface area contributed by atoms with E-state index < -0.39 is 0 Å². The Morgan fingerprint density at radius 2 is 2.00 bits per heavy atom. The molecule has 1 heterocycles. The number of likely N-dealkylation sites (N-methyl/N-ethyl adjacent to an activating group) is 1. The molecule has 0 atom stereocenters. The van der Waals surface area contributed by atoms with Gasteiger partial charge in [0.25, 0.3) is 5.91 Å². The highest BCUT2D eigenvalue weighted by Crippen LogP contribution is 2.21. The van der Waals surface area contributed by atoms with E-state index in [1.54, 1.807) is 37.4 Å². The van der Waals surface area contributed by atoms with Crippen LogP contribution in [0.25, 0.3) is 6.08 Å². The highest BCUT2D eigenvalue weighted by molar-refractivity contribution is 8.13. The van der Waals surface area contributed by atoms with Gasteiger partial charge in [0.2, 0.25) is 0 Å². The fraction of sp³-hybridized carbons (Fsp3) is 0.167. The summed E-state index contributed by atoms with van der Waals surface area (Å²) < 4.78 is 0. The number of aromatic hydroxyl groups is 1. The number of phenolic OH excluding ortho intramolecular Hbond substituents is 1. The molecular weight excluding hydrogens is 236 g/mol. The molecule has 1 aromatic rings. The number of carbonyl (C=O) groups is 1. The van der Waals surface area contributed by atoms with Gasteiger partial charge in [0, 0.05) is 7.05 Å². The lowest BCUT2D eigenvalue weighted by atomic mass is 10.2. The van der Waals surface area contributed by atoms with Crippen LogP contribution in [-0.2, 0) is 4.79 Å². The number of amidine groups is 1. The van der Waals surface area contributed by atoms with Crippen molar-refractivity contribution in [3.8, 4) is 5.75 Å². The lowest BCUT2D eigenvalue weighted by molar-refractivity contribution is -0.121. The van der Waals surface area contributed by atoms with Crippen molar-refractivity contribution < 1.29 is 9.90 Å². The summed E-state index contributed by atoms with van der Waals surface area (Å²) in [6.45, 7) is 0. The molecule has 5 heteroatoms. The summed E-state index contributed by atoms with van der Waals surface area (Å²) in [6, 6.07) is 6.63. The number of amides is 1. The molecule has 1 N–H and O–H groups in total. The Bertz CT molecular complexity index is 506. The molecule has 0 aromatic heterocycles. The second-order valence-corrected chi connectivity index (χ2v) is 4.36. The van der Waals surface area contributed by atoms with E-state index in [4.69, 9.17) is 5.11 Å². The lowest BCUT2D eigenvalue weighted by Gasteiger charge is -2.07. The van der Waals surface area contributed by atoms with E-state index in [2.05, 4.69) is 4.99 Å². The smallest absolute Gasteiger partial charge is 0.278 e. The summed E-state index contributed by atoms with van der Waals surface area (Å²) in [5.41, 5.74) is 1.26. The summed E-state index contributed by atoms with van der Waals surface area (Å²) in [4.78, 5) is 17.6. The maximum Gasteiger partial charge on any atom is 0.278 e. The van der Waals surface area contributed by atoms with E-state index in [0.717, 1.165) is 5.56 Å². The molecule has 0 saturated carbocycles. The summed E-state index contributed by atoms with van der Waals surface area (Å²) in [5, 5.41) is 9.86. The molecule has 1 amide bonds. The number of carbonyl (C=O) groups excluding carboxylic acids is 1. The molecule has 0 radical (unpaired) electrons. The normalized spacial score (nSPS) is 17.8. The van der Waals surface area contributed by atoms with Gasteiger partial charge in [-0.2, -0.15) is 0 Å². The third kappa shape index (κ3) is 2.34. The zero-order valence-corrected chi connectivity index (χ0v) is 10.4. The second kappa shape index (κ2) is 4.63.